The lowest BCUT2D eigenvalue weighted by Gasteiger charge is -2.12. The second-order valence-electron chi connectivity index (χ2n) is 4.62. The number of benzene rings is 2. The van der Waals surface area contributed by atoms with Crippen LogP contribution in [0.5, 0.6) is 5.75 Å². The summed E-state index contributed by atoms with van der Waals surface area (Å²) in [5.41, 5.74) is 3.51. The van der Waals surface area contributed by atoms with Crippen LogP contribution in [-0.2, 0) is 0 Å². The predicted molar refractivity (Wildman–Crippen MR) is 84.6 cm³/mol. The van der Waals surface area contributed by atoms with Crippen molar-refractivity contribution in [2.45, 2.75) is 13.8 Å². The molecule has 0 saturated heterocycles. The van der Waals surface area contributed by atoms with E-state index in [4.69, 9.17) is 4.74 Å². The summed E-state index contributed by atoms with van der Waals surface area (Å²) < 4.78 is 6.06. The number of amides is 1. The molecule has 1 N–H and O–H groups in total. The van der Waals surface area contributed by atoms with Gasteiger partial charge in [-0.1, -0.05) is 33.6 Å². The molecule has 0 radical (unpaired) electrons. The van der Waals surface area contributed by atoms with Gasteiger partial charge in [0.05, 0.1) is 12.7 Å². The van der Waals surface area contributed by atoms with Gasteiger partial charge in [0.15, 0.2) is 0 Å². The van der Waals surface area contributed by atoms with Crippen LogP contribution in [0.15, 0.2) is 40.9 Å². The van der Waals surface area contributed by atoms with Crippen molar-refractivity contribution in [3.8, 4) is 5.75 Å². The summed E-state index contributed by atoms with van der Waals surface area (Å²) in [6.07, 6.45) is 0. The quantitative estimate of drug-likeness (QED) is 0.907. The van der Waals surface area contributed by atoms with Gasteiger partial charge in [-0.25, -0.2) is 0 Å². The summed E-state index contributed by atoms with van der Waals surface area (Å²) in [5.74, 6) is 0.366. The molecule has 0 atom stereocenters. The Hall–Kier alpha value is -1.81. The molecule has 2 aromatic rings. The minimum Gasteiger partial charge on any atom is -0.496 e. The maximum atomic E-state index is 12.4. The molecule has 1 amide bonds. The van der Waals surface area contributed by atoms with Gasteiger partial charge in [-0.15, -0.1) is 0 Å². The third-order valence-electron chi connectivity index (χ3n) is 3.04. The lowest BCUT2D eigenvalue weighted by molar-refractivity contribution is 0.102. The van der Waals surface area contributed by atoms with Crippen molar-refractivity contribution in [1.82, 2.24) is 0 Å². The van der Waals surface area contributed by atoms with Gasteiger partial charge in [-0.05, 0) is 43.7 Å². The summed E-state index contributed by atoms with van der Waals surface area (Å²) >= 11 is 3.37. The minimum absolute atomic E-state index is 0.185. The first-order valence-corrected chi connectivity index (χ1v) is 7.02. The van der Waals surface area contributed by atoms with Crippen molar-refractivity contribution in [3.05, 3.63) is 57.6 Å². The fraction of sp³-hybridized carbons (Fsp3) is 0.188. The average molecular weight is 334 g/mol. The van der Waals surface area contributed by atoms with Crippen molar-refractivity contribution in [3.63, 3.8) is 0 Å². The topological polar surface area (TPSA) is 38.3 Å². The number of aryl methyl sites for hydroxylation is 2. The maximum absolute atomic E-state index is 12.4. The smallest absolute Gasteiger partial charge is 0.259 e. The highest BCUT2D eigenvalue weighted by molar-refractivity contribution is 9.10. The van der Waals surface area contributed by atoms with Crippen LogP contribution in [0.1, 0.15) is 21.5 Å². The van der Waals surface area contributed by atoms with E-state index in [9.17, 15) is 4.79 Å². The zero-order valence-corrected chi connectivity index (χ0v) is 13.2. The van der Waals surface area contributed by atoms with Crippen LogP contribution in [0.4, 0.5) is 5.69 Å². The van der Waals surface area contributed by atoms with Crippen molar-refractivity contribution < 1.29 is 9.53 Å². The fourth-order valence-corrected chi connectivity index (χ4v) is 2.36. The largest absolute Gasteiger partial charge is 0.496 e. The Bertz CT molecular complexity index is 653. The predicted octanol–water partition coefficient (Wildman–Crippen LogP) is 4.33. The Balaban J connectivity index is 2.30. The lowest BCUT2D eigenvalue weighted by atomic mass is 10.1. The average Bonchev–Trinajstić information content (AvgIpc) is 2.41. The summed E-state index contributed by atoms with van der Waals surface area (Å²) in [7, 11) is 1.55. The van der Waals surface area contributed by atoms with Crippen molar-refractivity contribution >= 4 is 27.5 Å². The van der Waals surface area contributed by atoms with Crippen LogP contribution in [0.3, 0.4) is 0 Å². The van der Waals surface area contributed by atoms with Gasteiger partial charge in [0.1, 0.15) is 5.75 Å². The molecule has 0 bridgehead atoms. The third kappa shape index (κ3) is 3.20. The first-order chi connectivity index (χ1) is 9.51. The van der Waals surface area contributed by atoms with Crippen molar-refractivity contribution in [1.29, 1.82) is 0 Å². The lowest BCUT2D eigenvalue weighted by Crippen LogP contribution is -2.14. The molecule has 0 unspecified atom stereocenters. The number of hydrogen-bond acceptors (Lipinski definition) is 2. The Morgan fingerprint density at radius 1 is 1.15 bits per heavy atom. The van der Waals surface area contributed by atoms with E-state index in [2.05, 4.69) is 21.2 Å². The molecule has 4 heteroatoms. The number of nitrogens with one attached hydrogen (secondary N) is 1. The van der Waals surface area contributed by atoms with Crippen molar-refractivity contribution in [2.24, 2.45) is 0 Å². The number of anilines is 1. The molecule has 104 valence electrons. The number of hydrogen-bond donors (Lipinski definition) is 1. The second kappa shape index (κ2) is 6.09. The standard InChI is InChI=1S/C16H16BrNO2/c1-10-4-6-14(11(2)8-10)18-16(19)13-9-12(17)5-7-15(13)20-3/h4-9H,1-3H3,(H,18,19). The van der Waals surface area contributed by atoms with Crippen LogP contribution in [-0.4, -0.2) is 13.0 Å². The van der Waals surface area contributed by atoms with Gasteiger partial charge in [-0.2, -0.15) is 0 Å². The number of ether oxygens (including phenoxy) is 1. The van der Waals surface area contributed by atoms with Crippen LogP contribution in [0, 0.1) is 13.8 Å². The number of rotatable bonds is 3. The number of methoxy groups -OCH3 is 1. The van der Waals surface area contributed by atoms with E-state index in [1.165, 1.54) is 5.56 Å². The van der Waals surface area contributed by atoms with Crippen molar-refractivity contribution in [2.75, 3.05) is 12.4 Å². The highest BCUT2D eigenvalue weighted by Crippen LogP contribution is 2.25. The van der Waals surface area contributed by atoms with E-state index < -0.39 is 0 Å². The highest BCUT2D eigenvalue weighted by Gasteiger charge is 2.13. The van der Waals surface area contributed by atoms with Gasteiger partial charge >= 0.3 is 0 Å². The Morgan fingerprint density at radius 2 is 1.90 bits per heavy atom. The summed E-state index contributed by atoms with van der Waals surface area (Å²) in [6, 6.07) is 11.3. The monoisotopic (exact) mass is 333 g/mol. The third-order valence-corrected chi connectivity index (χ3v) is 3.53. The number of carbonyl (C=O) groups is 1. The van der Waals surface area contributed by atoms with E-state index in [0.29, 0.717) is 11.3 Å². The van der Waals surface area contributed by atoms with E-state index >= 15 is 0 Å². The maximum Gasteiger partial charge on any atom is 0.259 e. The van der Waals surface area contributed by atoms with Gasteiger partial charge in [-0.3, -0.25) is 4.79 Å². The molecule has 0 fully saturated rings. The number of halogens is 1. The highest BCUT2D eigenvalue weighted by atomic mass is 79.9. The molecule has 0 aromatic heterocycles. The molecule has 0 heterocycles. The summed E-state index contributed by atoms with van der Waals surface area (Å²) in [6.45, 7) is 4.00. The SMILES string of the molecule is COc1ccc(Br)cc1C(=O)Nc1ccc(C)cc1C. The minimum atomic E-state index is -0.185. The first kappa shape index (κ1) is 14.6. The zero-order chi connectivity index (χ0) is 14.7. The molecule has 0 spiro atoms. The molecular formula is C16H16BrNO2. The van der Waals surface area contributed by atoms with E-state index in [1.807, 2.05) is 38.1 Å². The molecule has 3 nitrogen and oxygen atoms in total. The Labute approximate surface area is 127 Å². The molecule has 2 aromatic carbocycles. The first-order valence-electron chi connectivity index (χ1n) is 6.23. The van der Waals surface area contributed by atoms with Crippen LogP contribution in [0.25, 0.3) is 0 Å². The van der Waals surface area contributed by atoms with E-state index in [0.717, 1.165) is 15.7 Å². The molecule has 0 aliphatic rings. The zero-order valence-electron chi connectivity index (χ0n) is 11.7. The van der Waals surface area contributed by atoms with Crippen LogP contribution in [0.2, 0.25) is 0 Å². The van der Waals surface area contributed by atoms with Crippen LogP contribution < -0.4 is 10.1 Å². The molecular weight excluding hydrogens is 318 g/mol. The van der Waals surface area contributed by atoms with Crippen LogP contribution >= 0.6 is 15.9 Å². The normalized spacial score (nSPS) is 10.2. The van der Waals surface area contributed by atoms with Gasteiger partial charge in [0, 0.05) is 10.2 Å². The number of carbonyl (C=O) groups excluding carboxylic acids is 1. The van der Waals surface area contributed by atoms with E-state index in [1.54, 1.807) is 19.2 Å². The molecule has 0 aliphatic carbocycles. The summed E-state index contributed by atoms with van der Waals surface area (Å²) in [5, 5.41) is 2.92. The van der Waals surface area contributed by atoms with Gasteiger partial charge in [0.25, 0.3) is 5.91 Å². The molecule has 0 aliphatic heterocycles. The Kier molecular flexibility index (Phi) is 4.45. The van der Waals surface area contributed by atoms with Gasteiger partial charge < -0.3 is 10.1 Å². The second-order valence-corrected chi connectivity index (χ2v) is 5.53. The molecule has 2 rings (SSSR count). The molecule has 0 saturated carbocycles. The Morgan fingerprint density at radius 3 is 2.55 bits per heavy atom. The fourth-order valence-electron chi connectivity index (χ4n) is 2.00. The summed E-state index contributed by atoms with van der Waals surface area (Å²) in [4.78, 5) is 12.4. The molecule has 20 heavy (non-hydrogen) atoms. The van der Waals surface area contributed by atoms with Gasteiger partial charge in [0.2, 0.25) is 0 Å². The van der Waals surface area contributed by atoms with E-state index in [-0.39, 0.29) is 5.91 Å².